The predicted molar refractivity (Wildman–Crippen MR) is 58.8 cm³/mol. The molecule has 4 heteroatoms. The smallest absolute Gasteiger partial charge is 0.151 e. The molecule has 0 unspecified atom stereocenters. The number of carbonyl (C=O) groups excluding carboxylic acids is 1. The number of ether oxygens (including phenoxy) is 1. The lowest BCUT2D eigenvalue weighted by Gasteiger charge is -2.05. The van der Waals surface area contributed by atoms with Gasteiger partial charge >= 0.3 is 0 Å². The highest BCUT2D eigenvalue weighted by atomic mass is 35.5. The van der Waals surface area contributed by atoms with Crippen molar-refractivity contribution in [1.29, 1.82) is 0 Å². The summed E-state index contributed by atoms with van der Waals surface area (Å²) >= 11 is 7.47. The molecule has 2 rings (SSSR count). The van der Waals surface area contributed by atoms with Crippen LogP contribution < -0.4 is 4.74 Å². The van der Waals surface area contributed by atoms with Gasteiger partial charge in [0.25, 0.3) is 0 Å². The van der Waals surface area contributed by atoms with Crippen LogP contribution in [0.3, 0.4) is 0 Å². The Kier molecular flexibility index (Phi) is 2.44. The third-order valence-electron chi connectivity index (χ3n) is 2.00. The molecule has 0 aliphatic carbocycles. The van der Waals surface area contributed by atoms with Gasteiger partial charge in [0, 0.05) is 15.6 Å². The average Bonchev–Trinajstić information content (AvgIpc) is 2.65. The molecule has 0 aliphatic rings. The molecule has 0 saturated heterocycles. The lowest BCUT2D eigenvalue weighted by Crippen LogP contribution is -1.88. The molecular formula is C10H7ClO2S. The van der Waals surface area contributed by atoms with Crippen molar-refractivity contribution in [3.8, 4) is 5.75 Å². The van der Waals surface area contributed by atoms with Crippen LogP contribution in [-0.2, 0) is 0 Å². The fraction of sp³-hybridized carbons (Fsp3) is 0.100. The molecule has 0 atom stereocenters. The average molecular weight is 227 g/mol. The first-order valence-corrected chi connectivity index (χ1v) is 5.22. The Balaban J connectivity index is 2.88. The Morgan fingerprint density at radius 1 is 1.57 bits per heavy atom. The second kappa shape index (κ2) is 3.59. The molecule has 0 N–H and O–H groups in total. The third-order valence-corrected chi connectivity index (χ3v) is 3.25. The first kappa shape index (κ1) is 9.49. The largest absolute Gasteiger partial charge is 0.495 e. The van der Waals surface area contributed by atoms with E-state index in [1.165, 1.54) is 11.3 Å². The standard InChI is InChI=1S/C10H7ClO2S/c1-13-9-7-2-3-14-10(7)6(5-12)4-8(9)11/h2-5H,1H3. The van der Waals surface area contributed by atoms with E-state index in [4.69, 9.17) is 16.3 Å². The first-order valence-electron chi connectivity index (χ1n) is 3.96. The molecular weight excluding hydrogens is 220 g/mol. The summed E-state index contributed by atoms with van der Waals surface area (Å²) in [5.74, 6) is 0.633. The van der Waals surface area contributed by atoms with Gasteiger partial charge in [-0.1, -0.05) is 11.6 Å². The summed E-state index contributed by atoms with van der Waals surface area (Å²) in [7, 11) is 1.57. The normalized spacial score (nSPS) is 10.4. The minimum Gasteiger partial charge on any atom is -0.495 e. The van der Waals surface area contributed by atoms with Crippen molar-refractivity contribution in [2.75, 3.05) is 7.11 Å². The molecule has 0 amide bonds. The van der Waals surface area contributed by atoms with Crippen LogP contribution in [0.2, 0.25) is 5.02 Å². The van der Waals surface area contributed by atoms with Crippen molar-refractivity contribution in [3.05, 3.63) is 28.1 Å². The molecule has 1 heterocycles. The van der Waals surface area contributed by atoms with Crippen LogP contribution in [-0.4, -0.2) is 13.4 Å². The number of methoxy groups -OCH3 is 1. The van der Waals surface area contributed by atoms with E-state index in [0.29, 0.717) is 16.3 Å². The fourth-order valence-electron chi connectivity index (χ4n) is 1.40. The third kappa shape index (κ3) is 1.29. The Labute approximate surface area is 90.1 Å². The highest BCUT2D eigenvalue weighted by Crippen LogP contribution is 2.37. The zero-order valence-electron chi connectivity index (χ0n) is 7.41. The van der Waals surface area contributed by atoms with Crippen LogP contribution in [0.1, 0.15) is 10.4 Å². The van der Waals surface area contributed by atoms with Crippen molar-refractivity contribution in [1.82, 2.24) is 0 Å². The van der Waals surface area contributed by atoms with Gasteiger partial charge in [-0.25, -0.2) is 0 Å². The van der Waals surface area contributed by atoms with Gasteiger partial charge in [-0.05, 0) is 17.5 Å². The maximum atomic E-state index is 10.8. The SMILES string of the molecule is COc1c(Cl)cc(C=O)c2sccc12. The number of carbonyl (C=O) groups is 1. The maximum absolute atomic E-state index is 10.8. The van der Waals surface area contributed by atoms with Gasteiger partial charge < -0.3 is 4.74 Å². The highest BCUT2D eigenvalue weighted by molar-refractivity contribution is 7.17. The Bertz CT molecular complexity index is 490. The molecule has 1 aromatic carbocycles. The van der Waals surface area contributed by atoms with Crippen LogP contribution >= 0.6 is 22.9 Å². The Morgan fingerprint density at radius 2 is 2.36 bits per heavy atom. The summed E-state index contributed by atoms with van der Waals surface area (Å²) in [6.45, 7) is 0. The Hall–Kier alpha value is -1.06. The fourth-order valence-corrected chi connectivity index (χ4v) is 2.57. The molecule has 0 bridgehead atoms. The van der Waals surface area contributed by atoms with Gasteiger partial charge in [-0.2, -0.15) is 0 Å². The van der Waals surface area contributed by atoms with Gasteiger partial charge in [-0.15, -0.1) is 11.3 Å². The van der Waals surface area contributed by atoms with E-state index >= 15 is 0 Å². The van der Waals surface area contributed by atoms with Gasteiger partial charge in [-0.3, -0.25) is 4.79 Å². The first-order chi connectivity index (χ1) is 6.77. The molecule has 0 aliphatic heterocycles. The number of thiophene rings is 1. The monoisotopic (exact) mass is 226 g/mol. The summed E-state index contributed by atoms with van der Waals surface area (Å²) in [6.07, 6.45) is 0.810. The number of fused-ring (bicyclic) bond motifs is 1. The highest BCUT2D eigenvalue weighted by Gasteiger charge is 2.11. The van der Waals surface area contributed by atoms with Crippen molar-refractivity contribution in [3.63, 3.8) is 0 Å². The van der Waals surface area contributed by atoms with E-state index in [1.807, 2.05) is 11.4 Å². The van der Waals surface area contributed by atoms with Crippen molar-refractivity contribution < 1.29 is 9.53 Å². The lowest BCUT2D eigenvalue weighted by atomic mass is 10.1. The second-order valence-electron chi connectivity index (χ2n) is 2.76. The van der Waals surface area contributed by atoms with Crippen molar-refractivity contribution in [2.24, 2.45) is 0 Å². The lowest BCUT2D eigenvalue weighted by molar-refractivity contribution is 0.112. The molecule has 0 radical (unpaired) electrons. The Morgan fingerprint density at radius 3 is 3.00 bits per heavy atom. The minimum atomic E-state index is 0.473. The molecule has 1 aromatic heterocycles. The van der Waals surface area contributed by atoms with Gasteiger partial charge in [0.05, 0.1) is 12.1 Å². The van der Waals surface area contributed by atoms with E-state index in [2.05, 4.69) is 0 Å². The van der Waals surface area contributed by atoms with E-state index in [-0.39, 0.29) is 0 Å². The number of hydrogen-bond acceptors (Lipinski definition) is 3. The van der Waals surface area contributed by atoms with E-state index in [1.54, 1.807) is 13.2 Å². The van der Waals surface area contributed by atoms with Crippen LogP contribution in [0.15, 0.2) is 17.5 Å². The zero-order valence-corrected chi connectivity index (χ0v) is 8.98. The number of halogens is 1. The summed E-state index contributed by atoms with van der Waals surface area (Å²) in [5.41, 5.74) is 0.612. The van der Waals surface area contributed by atoms with Crippen molar-refractivity contribution in [2.45, 2.75) is 0 Å². The summed E-state index contributed by atoms with van der Waals surface area (Å²) in [4.78, 5) is 10.8. The van der Waals surface area contributed by atoms with Gasteiger partial charge in [0.15, 0.2) is 6.29 Å². The van der Waals surface area contributed by atoms with E-state index in [0.717, 1.165) is 16.4 Å². The number of benzene rings is 1. The number of rotatable bonds is 2. The number of aldehydes is 1. The van der Waals surface area contributed by atoms with E-state index in [9.17, 15) is 4.79 Å². The topological polar surface area (TPSA) is 26.3 Å². The summed E-state index contributed by atoms with van der Waals surface area (Å²) < 4.78 is 6.09. The molecule has 2 aromatic rings. The minimum absolute atomic E-state index is 0.473. The van der Waals surface area contributed by atoms with Crippen molar-refractivity contribution >= 4 is 39.3 Å². The molecule has 0 saturated carbocycles. The predicted octanol–water partition coefficient (Wildman–Crippen LogP) is 3.38. The quantitative estimate of drug-likeness (QED) is 0.734. The van der Waals surface area contributed by atoms with Crippen LogP contribution in [0.4, 0.5) is 0 Å². The van der Waals surface area contributed by atoms with Gasteiger partial charge in [0.1, 0.15) is 5.75 Å². The van der Waals surface area contributed by atoms with Crippen LogP contribution in [0.25, 0.3) is 10.1 Å². The summed E-state index contributed by atoms with van der Waals surface area (Å²) in [5, 5.41) is 3.28. The second-order valence-corrected chi connectivity index (χ2v) is 4.09. The molecule has 2 nitrogen and oxygen atoms in total. The van der Waals surface area contributed by atoms with E-state index < -0.39 is 0 Å². The summed E-state index contributed by atoms with van der Waals surface area (Å²) in [6, 6.07) is 3.53. The molecule has 72 valence electrons. The van der Waals surface area contributed by atoms with Crippen LogP contribution in [0, 0.1) is 0 Å². The number of hydrogen-bond donors (Lipinski definition) is 0. The van der Waals surface area contributed by atoms with Crippen LogP contribution in [0.5, 0.6) is 5.75 Å². The zero-order chi connectivity index (χ0) is 10.1. The molecule has 14 heavy (non-hydrogen) atoms. The molecule has 0 spiro atoms. The maximum Gasteiger partial charge on any atom is 0.151 e. The van der Waals surface area contributed by atoms with Gasteiger partial charge in [0.2, 0.25) is 0 Å². The molecule has 0 fully saturated rings.